The number of carboxylic acids is 1. The molecule has 0 rings (SSSR count). The van der Waals surface area contributed by atoms with Crippen molar-refractivity contribution in [1.82, 2.24) is 0 Å². The van der Waals surface area contributed by atoms with Gasteiger partial charge >= 0.3 is 5.97 Å². The lowest BCUT2D eigenvalue weighted by molar-refractivity contribution is -0.137. The molecular weight excluding hydrogens is 264 g/mol. The molecule has 3 heteroatoms. The van der Waals surface area contributed by atoms with Gasteiger partial charge in [0.15, 0.2) is 0 Å². The molecule has 0 amide bonds. The number of carbonyl (C=O) groups excluding carboxylic acids is 1. The highest BCUT2D eigenvalue weighted by Gasteiger charge is 2.00. The lowest BCUT2D eigenvalue weighted by Gasteiger charge is -2.00. The molecular formula is C18H32O3. The summed E-state index contributed by atoms with van der Waals surface area (Å²) >= 11 is 0. The van der Waals surface area contributed by atoms with Crippen LogP contribution in [0.4, 0.5) is 0 Å². The Bertz CT molecular complexity index is 295. The van der Waals surface area contributed by atoms with Crippen LogP contribution in [-0.4, -0.2) is 16.9 Å². The van der Waals surface area contributed by atoms with Crippen LogP contribution in [0.15, 0.2) is 12.2 Å². The van der Waals surface area contributed by atoms with E-state index in [0.717, 1.165) is 44.9 Å². The molecule has 0 bridgehead atoms. The number of carboxylic acid groups (broad SMARTS) is 1. The lowest BCUT2D eigenvalue weighted by atomic mass is 10.1. The molecule has 0 aliphatic carbocycles. The van der Waals surface area contributed by atoms with Crippen LogP contribution in [0.1, 0.15) is 90.4 Å². The molecule has 0 aliphatic heterocycles. The van der Waals surface area contributed by atoms with E-state index in [-0.39, 0.29) is 6.42 Å². The Kier molecular flexibility index (Phi) is 14.5. The SMILES string of the molecule is CCCCC/C=C\CC(=O)CCCCCCCCC(=O)O. The first-order chi connectivity index (χ1) is 10.2. The Morgan fingerprint density at radius 1 is 0.810 bits per heavy atom. The number of hydrogen-bond donors (Lipinski definition) is 1. The molecule has 0 aromatic carbocycles. The van der Waals surface area contributed by atoms with E-state index in [2.05, 4.69) is 13.0 Å². The normalized spacial score (nSPS) is 11.1. The van der Waals surface area contributed by atoms with Crippen molar-refractivity contribution in [2.24, 2.45) is 0 Å². The number of rotatable bonds is 15. The fourth-order valence-electron chi connectivity index (χ4n) is 2.25. The molecule has 0 aromatic rings. The maximum absolute atomic E-state index is 11.6. The van der Waals surface area contributed by atoms with Gasteiger partial charge in [0.2, 0.25) is 0 Å². The van der Waals surface area contributed by atoms with E-state index in [4.69, 9.17) is 5.11 Å². The van der Waals surface area contributed by atoms with Crippen LogP contribution >= 0.6 is 0 Å². The van der Waals surface area contributed by atoms with E-state index in [1.807, 2.05) is 6.08 Å². The van der Waals surface area contributed by atoms with Gasteiger partial charge in [0.05, 0.1) is 0 Å². The molecule has 1 N–H and O–H groups in total. The van der Waals surface area contributed by atoms with Gasteiger partial charge in [-0.3, -0.25) is 9.59 Å². The summed E-state index contributed by atoms with van der Waals surface area (Å²) in [5, 5.41) is 8.50. The summed E-state index contributed by atoms with van der Waals surface area (Å²) < 4.78 is 0. The first-order valence-corrected chi connectivity index (χ1v) is 8.55. The molecule has 3 nitrogen and oxygen atoms in total. The Hall–Kier alpha value is -1.12. The van der Waals surface area contributed by atoms with E-state index >= 15 is 0 Å². The molecule has 0 aliphatic rings. The molecule has 0 saturated carbocycles. The average molecular weight is 296 g/mol. The second kappa shape index (κ2) is 15.3. The summed E-state index contributed by atoms with van der Waals surface area (Å²) in [5.41, 5.74) is 0. The van der Waals surface area contributed by atoms with Crippen molar-refractivity contribution >= 4 is 11.8 Å². The maximum Gasteiger partial charge on any atom is 0.303 e. The number of Topliss-reactive ketones (excluding diaryl/α,β-unsaturated/α-hetero) is 1. The number of aliphatic carboxylic acids is 1. The summed E-state index contributed by atoms with van der Waals surface area (Å²) in [5.74, 6) is -0.365. The van der Waals surface area contributed by atoms with Crippen molar-refractivity contribution in [2.75, 3.05) is 0 Å². The Morgan fingerprint density at radius 3 is 2.05 bits per heavy atom. The summed E-state index contributed by atoms with van der Waals surface area (Å²) in [6.45, 7) is 2.19. The third-order valence-electron chi connectivity index (χ3n) is 3.58. The smallest absolute Gasteiger partial charge is 0.303 e. The Balaban J connectivity index is 3.28. The van der Waals surface area contributed by atoms with E-state index < -0.39 is 5.97 Å². The highest BCUT2D eigenvalue weighted by atomic mass is 16.4. The zero-order valence-electron chi connectivity index (χ0n) is 13.6. The molecule has 0 fully saturated rings. The van der Waals surface area contributed by atoms with E-state index in [0.29, 0.717) is 18.6 Å². The van der Waals surface area contributed by atoms with Gasteiger partial charge in [0.1, 0.15) is 5.78 Å². The van der Waals surface area contributed by atoms with Crippen LogP contribution in [-0.2, 0) is 9.59 Å². The molecule has 21 heavy (non-hydrogen) atoms. The van der Waals surface area contributed by atoms with Crippen LogP contribution in [0.2, 0.25) is 0 Å². The lowest BCUT2D eigenvalue weighted by Crippen LogP contribution is -1.96. The van der Waals surface area contributed by atoms with Gasteiger partial charge < -0.3 is 5.11 Å². The fraction of sp³-hybridized carbons (Fsp3) is 0.778. The van der Waals surface area contributed by atoms with Crippen molar-refractivity contribution in [3.63, 3.8) is 0 Å². The average Bonchev–Trinajstić information content (AvgIpc) is 2.45. The third kappa shape index (κ3) is 16.8. The number of allylic oxidation sites excluding steroid dienone is 2. The van der Waals surface area contributed by atoms with Gasteiger partial charge in [-0.1, -0.05) is 57.6 Å². The monoisotopic (exact) mass is 296 g/mol. The predicted molar refractivity (Wildman–Crippen MR) is 87.5 cm³/mol. The topological polar surface area (TPSA) is 54.4 Å². The second-order valence-electron chi connectivity index (χ2n) is 5.73. The van der Waals surface area contributed by atoms with Crippen molar-refractivity contribution in [1.29, 1.82) is 0 Å². The number of ketones is 1. The Morgan fingerprint density at radius 2 is 1.43 bits per heavy atom. The van der Waals surface area contributed by atoms with Crippen molar-refractivity contribution in [2.45, 2.75) is 90.4 Å². The van der Waals surface area contributed by atoms with Crippen LogP contribution in [0.5, 0.6) is 0 Å². The molecule has 122 valence electrons. The predicted octanol–water partition coefficient (Wildman–Crippen LogP) is 5.29. The summed E-state index contributed by atoms with van der Waals surface area (Å²) in [6, 6.07) is 0. The van der Waals surface area contributed by atoms with Gasteiger partial charge in [0, 0.05) is 19.3 Å². The molecule has 0 heterocycles. The van der Waals surface area contributed by atoms with Crippen LogP contribution in [0.25, 0.3) is 0 Å². The third-order valence-corrected chi connectivity index (χ3v) is 3.58. The first-order valence-electron chi connectivity index (χ1n) is 8.55. The van der Waals surface area contributed by atoms with Gasteiger partial charge in [-0.25, -0.2) is 0 Å². The fourth-order valence-corrected chi connectivity index (χ4v) is 2.25. The summed E-state index contributed by atoms with van der Waals surface area (Å²) in [7, 11) is 0. The summed E-state index contributed by atoms with van der Waals surface area (Å²) in [4.78, 5) is 22.0. The number of unbranched alkanes of at least 4 members (excludes halogenated alkanes) is 8. The minimum absolute atomic E-state index is 0.281. The summed E-state index contributed by atoms with van der Waals surface area (Å²) in [6.07, 6.45) is 16.5. The highest BCUT2D eigenvalue weighted by Crippen LogP contribution is 2.09. The molecule has 0 radical (unpaired) electrons. The maximum atomic E-state index is 11.6. The molecule has 0 spiro atoms. The standard InChI is InChI=1S/C18H32O3/c1-2-3-4-5-8-11-14-17(19)15-12-9-6-7-10-13-16-18(20)21/h8,11H,2-7,9-10,12-16H2,1H3,(H,20,21)/b11-8-. The molecule has 0 aromatic heterocycles. The van der Waals surface area contributed by atoms with Gasteiger partial charge in [0.25, 0.3) is 0 Å². The van der Waals surface area contributed by atoms with Crippen LogP contribution in [0.3, 0.4) is 0 Å². The second-order valence-corrected chi connectivity index (χ2v) is 5.73. The number of hydrogen-bond acceptors (Lipinski definition) is 2. The zero-order chi connectivity index (χ0) is 15.8. The van der Waals surface area contributed by atoms with E-state index in [9.17, 15) is 9.59 Å². The molecule has 0 saturated heterocycles. The first kappa shape index (κ1) is 19.9. The van der Waals surface area contributed by atoms with Crippen LogP contribution in [0, 0.1) is 0 Å². The van der Waals surface area contributed by atoms with Crippen molar-refractivity contribution in [3.05, 3.63) is 12.2 Å². The van der Waals surface area contributed by atoms with Crippen molar-refractivity contribution in [3.8, 4) is 0 Å². The van der Waals surface area contributed by atoms with E-state index in [1.54, 1.807) is 0 Å². The highest BCUT2D eigenvalue weighted by molar-refractivity contribution is 5.79. The van der Waals surface area contributed by atoms with E-state index in [1.165, 1.54) is 19.3 Å². The van der Waals surface area contributed by atoms with Gasteiger partial charge in [-0.2, -0.15) is 0 Å². The van der Waals surface area contributed by atoms with Crippen LogP contribution < -0.4 is 0 Å². The largest absolute Gasteiger partial charge is 0.481 e. The molecule has 0 atom stereocenters. The molecule has 0 unspecified atom stereocenters. The van der Waals surface area contributed by atoms with Gasteiger partial charge in [-0.15, -0.1) is 0 Å². The number of carbonyl (C=O) groups is 2. The van der Waals surface area contributed by atoms with Gasteiger partial charge in [-0.05, 0) is 25.7 Å². The van der Waals surface area contributed by atoms with Crippen molar-refractivity contribution < 1.29 is 14.7 Å². The minimum Gasteiger partial charge on any atom is -0.481 e. The quantitative estimate of drug-likeness (QED) is 0.330. The zero-order valence-corrected chi connectivity index (χ0v) is 13.6. The minimum atomic E-state index is -0.705. The Labute approximate surface area is 129 Å².